The first kappa shape index (κ1) is 18.0. The van der Waals surface area contributed by atoms with Crippen LogP contribution >= 0.6 is 0 Å². The van der Waals surface area contributed by atoms with Crippen molar-refractivity contribution in [3.63, 3.8) is 0 Å². The summed E-state index contributed by atoms with van der Waals surface area (Å²) in [5.74, 6) is -0.314. The van der Waals surface area contributed by atoms with Gasteiger partial charge in [0.05, 0.1) is 6.42 Å². The SMILES string of the molecule is CC(C)[C@H](NC(=O)c1ccccc1)c1nc(CCC(F)(F)F)no1. The van der Waals surface area contributed by atoms with E-state index >= 15 is 0 Å². The quantitative estimate of drug-likeness (QED) is 0.870. The number of alkyl halides is 3. The van der Waals surface area contributed by atoms with Crippen molar-refractivity contribution >= 4 is 5.91 Å². The number of carbonyl (C=O) groups is 1. The van der Waals surface area contributed by atoms with Gasteiger partial charge in [-0.25, -0.2) is 0 Å². The standard InChI is InChI=1S/C16H18F3N3O2/c1-10(2)13(21-14(23)11-6-4-3-5-7-11)15-20-12(22-24-15)8-9-16(17,18)19/h3-7,10,13H,8-9H2,1-2H3,(H,21,23)/t13-/m0/s1. The molecule has 0 aliphatic rings. The van der Waals surface area contributed by atoms with Gasteiger partial charge in [-0.3, -0.25) is 4.79 Å². The van der Waals surface area contributed by atoms with Crippen LogP contribution in [0.1, 0.15) is 48.4 Å². The molecule has 0 aliphatic carbocycles. The molecule has 2 rings (SSSR count). The van der Waals surface area contributed by atoms with E-state index < -0.39 is 18.6 Å². The van der Waals surface area contributed by atoms with E-state index in [2.05, 4.69) is 15.5 Å². The Kier molecular flexibility index (Phi) is 5.58. The first-order valence-electron chi connectivity index (χ1n) is 7.51. The molecule has 1 heterocycles. The fraction of sp³-hybridized carbons (Fsp3) is 0.438. The molecule has 1 atom stereocenters. The Morgan fingerprint density at radius 2 is 1.92 bits per heavy atom. The van der Waals surface area contributed by atoms with Crippen molar-refractivity contribution in [1.29, 1.82) is 0 Å². The molecule has 0 saturated heterocycles. The molecule has 2 aromatic rings. The fourth-order valence-electron chi connectivity index (χ4n) is 2.08. The Morgan fingerprint density at radius 3 is 2.50 bits per heavy atom. The molecule has 0 radical (unpaired) electrons. The number of benzene rings is 1. The van der Waals surface area contributed by atoms with Crippen molar-refractivity contribution < 1.29 is 22.5 Å². The lowest BCUT2D eigenvalue weighted by Gasteiger charge is -2.18. The second-order valence-corrected chi connectivity index (χ2v) is 5.73. The lowest BCUT2D eigenvalue weighted by Crippen LogP contribution is -2.32. The molecule has 0 fully saturated rings. The average molecular weight is 341 g/mol. The number of aromatic nitrogens is 2. The maximum atomic E-state index is 12.3. The predicted molar refractivity (Wildman–Crippen MR) is 80.2 cm³/mol. The number of hydrogen-bond donors (Lipinski definition) is 1. The van der Waals surface area contributed by atoms with E-state index in [0.29, 0.717) is 5.56 Å². The van der Waals surface area contributed by atoms with Crippen LogP contribution in [0.4, 0.5) is 13.2 Å². The molecule has 1 N–H and O–H groups in total. The normalized spacial score (nSPS) is 13.1. The Bertz CT molecular complexity index is 669. The average Bonchev–Trinajstić information content (AvgIpc) is 2.99. The van der Waals surface area contributed by atoms with E-state index in [0.717, 1.165) is 0 Å². The van der Waals surface area contributed by atoms with Gasteiger partial charge in [0.2, 0.25) is 5.89 Å². The Hall–Kier alpha value is -2.38. The van der Waals surface area contributed by atoms with Crippen molar-refractivity contribution in [1.82, 2.24) is 15.5 Å². The van der Waals surface area contributed by atoms with Crippen LogP contribution in [0.3, 0.4) is 0 Å². The summed E-state index contributed by atoms with van der Waals surface area (Å²) in [6.07, 6.45) is -5.65. The third-order valence-corrected chi connectivity index (χ3v) is 3.37. The van der Waals surface area contributed by atoms with Crippen LogP contribution in [0.15, 0.2) is 34.9 Å². The molecular weight excluding hydrogens is 323 g/mol. The summed E-state index contributed by atoms with van der Waals surface area (Å²) in [6.45, 7) is 3.69. The van der Waals surface area contributed by atoms with E-state index in [1.165, 1.54) is 0 Å². The fourth-order valence-corrected chi connectivity index (χ4v) is 2.08. The maximum absolute atomic E-state index is 12.3. The third kappa shape index (κ3) is 5.07. The zero-order valence-corrected chi connectivity index (χ0v) is 13.3. The van der Waals surface area contributed by atoms with E-state index in [4.69, 9.17) is 4.52 Å². The molecule has 1 aromatic carbocycles. The van der Waals surface area contributed by atoms with E-state index in [1.54, 1.807) is 30.3 Å². The van der Waals surface area contributed by atoms with Gasteiger partial charge in [0.25, 0.3) is 5.91 Å². The van der Waals surface area contributed by atoms with E-state index in [-0.39, 0.29) is 30.0 Å². The number of hydrogen-bond acceptors (Lipinski definition) is 4. The highest BCUT2D eigenvalue weighted by Gasteiger charge is 2.29. The van der Waals surface area contributed by atoms with Gasteiger partial charge in [-0.1, -0.05) is 37.2 Å². The smallest absolute Gasteiger partial charge is 0.340 e. The Balaban J connectivity index is 2.08. The van der Waals surface area contributed by atoms with Crippen molar-refractivity contribution in [3.05, 3.63) is 47.6 Å². The van der Waals surface area contributed by atoms with Crippen molar-refractivity contribution in [2.75, 3.05) is 0 Å². The molecule has 0 aliphatic heterocycles. The maximum Gasteiger partial charge on any atom is 0.389 e. The molecule has 5 nitrogen and oxygen atoms in total. The molecule has 0 saturated carbocycles. The largest absolute Gasteiger partial charge is 0.389 e. The van der Waals surface area contributed by atoms with Gasteiger partial charge >= 0.3 is 6.18 Å². The zero-order chi connectivity index (χ0) is 17.7. The number of halogens is 3. The summed E-state index contributed by atoms with van der Waals surface area (Å²) in [4.78, 5) is 16.2. The Morgan fingerprint density at radius 1 is 1.25 bits per heavy atom. The van der Waals surface area contributed by atoms with Crippen LogP contribution in [-0.2, 0) is 6.42 Å². The van der Waals surface area contributed by atoms with Gasteiger partial charge in [0.15, 0.2) is 5.82 Å². The highest BCUT2D eigenvalue weighted by molar-refractivity contribution is 5.94. The molecule has 8 heteroatoms. The highest BCUT2D eigenvalue weighted by atomic mass is 19.4. The summed E-state index contributed by atoms with van der Waals surface area (Å²) < 4.78 is 41.8. The monoisotopic (exact) mass is 341 g/mol. The molecule has 130 valence electrons. The van der Waals surface area contributed by atoms with Crippen molar-refractivity contribution in [3.8, 4) is 0 Å². The topological polar surface area (TPSA) is 68.0 Å². The summed E-state index contributed by atoms with van der Waals surface area (Å²) in [5.41, 5.74) is 0.472. The molecule has 1 aromatic heterocycles. The van der Waals surface area contributed by atoms with Gasteiger partial charge in [-0.15, -0.1) is 0 Å². The number of aryl methyl sites for hydroxylation is 1. The lowest BCUT2D eigenvalue weighted by atomic mass is 10.0. The van der Waals surface area contributed by atoms with Gasteiger partial charge in [-0.2, -0.15) is 18.2 Å². The number of nitrogens with zero attached hydrogens (tertiary/aromatic N) is 2. The summed E-state index contributed by atoms with van der Waals surface area (Å²) in [5, 5.41) is 6.34. The van der Waals surface area contributed by atoms with E-state index in [1.807, 2.05) is 13.8 Å². The second-order valence-electron chi connectivity index (χ2n) is 5.73. The molecule has 24 heavy (non-hydrogen) atoms. The summed E-state index contributed by atoms with van der Waals surface area (Å²) in [7, 11) is 0. The highest BCUT2D eigenvalue weighted by Crippen LogP contribution is 2.24. The first-order valence-corrected chi connectivity index (χ1v) is 7.51. The molecule has 1 amide bonds. The van der Waals surface area contributed by atoms with Crippen molar-refractivity contribution in [2.45, 2.75) is 38.9 Å². The minimum atomic E-state index is -4.28. The van der Waals surface area contributed by atoms with Crippen LogP contribution in [0.5, 0.6) is 0 Å². The minimum Gasteiger partial charge on any atom is -0.340 e. The zero-order valence-electron chi connectivity index (χ0n) is 13.3. The summed E-state index contributed by atoms with van der Waals surface area (Å²) in [6, 6.07) is 8.01. The first-order chi connectivity index (χ1) is 11.3. The van der Waals surface area contributed by atoms with E-state index in [9.17, 15) is 18.0 Å². The molecule has 0 spiro atoms. The number of nitrogens with one attached hydrogen (secondary N) is 1. The number of amides is 1. The van der Waals surface area contributed by atoms with Gasteiger partial charge in [0, 0.05) is 12.0 Å². The number of carbonyl (C=O) groups excluding carboxylic acids is 1. The lowest BCUT2D eigenvalue weighted by molar-refractivity contribution is -0.134. The third-order valence-electron chi connectivity index (χ3n) is 3.37. The second kappa shape index (κ2) is 7.46. The number of rotatable bonds is 6. The predicted octanol–water partition coefficient (Wildman–Crippen LogP) is 3.69. The van der Waals surface area contributed by atoms with Crippen LogP contribution in [0.2, 0.25) is 0 Å². The van der Waals surface area contributed by atoms with Crippen LogP contribution in [-0.4, -0.2) is 22.2 Å². The van der Waals surface area contributed by atoms with Crippen LogP contribution < -0.4 is 5.32 Å². The van der Waals surface area contributed by atoms with Gasteiger partial charge < -0.3 is 9.84 Å². The van der Waals surface area contributed by atoms with Gasteiger partial charge in [0.1, 0.15) is 6.04 Å². The Labute approximate surface area is 137 Å². The van der Waals surface area contributed by atoms with Crippen LogP contribution in [0, 0.1) is 5.92 Å². The minimum absolute atomic E-state index is 0.0260. The van der Waals surface area contributed by atoms with Crippen molar-refractivity contribution in [2.24, 2.45) is 5.92 Å². The molecule has 0 unspecified atom stereocenters. The van der Waals surface area contributed by atoms with Crippen LogP contribution in [0.25, 0.3) is 0 Å². The molecule has 0 bridgehead atoms. The molecular formula is C16H18F3N3O2. The van der Waals surface area contributed by atoms with Gasteiger partial charge in [-0.05, 0) is 18.1 Å². The summed E-state index contributed by atoms with van der Waals surface area (Å²) >= 11 is 0.